The summed E-state index contributed by atoms with van der Waals surface area (Å²) < 4.78 is 27.6. The second-order valence-electron chi connectivity index (χ2n) is 5.02. The molecule has 0 spiro atoms. The molecule has 20 heavy (non-hydrogen) atoms. The lowest BCUT2D eigenvalue weighted by Crippen LogP contribution is -2.27. The van der Waals surface area contributed by atoms with E-state index in [4.69, 9.17) is 0 Å². The van der Waals surface area contributed by atoms with Crippen molar-refractivity contribution in [3.8, 4) is 0 Å². The van der Waals surface area contributed by atoms with E-state index < -0.39 is 10.0 Å². The maximum Gasteiger partial charge on any atom is 0.241 e. The molecule has 0 saturated heterocycles. The quantitative estimate of drug-likeness (QED) is 0.938. The number of sulfonamides is 1. The molecule has 1 unspecified atom stereocenters. The molecule has 0 radical (unpaired) electrons. The van der Waals surface area contributed by atoms with E-state index in [9.17, 15) is 8.42 Å². The Hall–Kier alpha value is -1.65. The summed E-state index contributed by atoms with van der Waals surface area (Å²) in [5, 5.41) is 0. The minimum atomic E-state index is -3.51. The molecule has 1 N–H and O–H groups in total. The molecule has 0 aromatic heterocycles. The SMILES string of the molecule is Cc1ccc(S(=O)(=O)NC(C)c2ccccc2)c(C)c1. The lowest BCUT2D eigenvalue weighted by molar-refractivity contribution is 0.566. The molecule has 4 heteroatoms. The van der Waals surface area contributed by atoms with Crippen molar-refractivity contribution >= 4 is 10.0 Å². The van der Waals surface area contributed by atoms with Crippen LogP contribution < -0.4 is 4.72 Å². The zero-order chi connectivity index (χ0) is 14.8. The maximum absolute atomic E-state index is 12.4. The average Bonchev–Trinajstić information content (AvgIpc) is 2.38. The minimum Gasteiger partial charge on any atom is -0.207 e. The smallest absolute Gasteiger partial charge is 0.207 e. The highest BCUT2D eigenvalue weighted by Gasteiger charge is 2.20. The predicted molar refractivity (Wildman–Crippen MR) is 81.1 cm³/mol. The zero-order valence-corrected chi connectivity index (χ0v) is 12.7. The van der Waals surface area contributed by atoms with Gasteiger partial charge in [-0.3, -0.25) is 0 Å². The Balaban J connectivity index is 2.28. The summed E-state index contributed by atoms with van der Waals surface area (Å²) >= 11 is 0. The summed E-state index contributed by atoms with van der Waals surface area (Å²) in [7, 11) is -3.51. The monoisotopic (exact) mass is 289 g/mol. The summed E-state index contributed by atoms with van der Waals surface area (Å²) in [5.74, 6) is 0. The number of hydrogen-bond acceptors (Lipinski definition) is 2. The molecule has 0 bridgehead atoms. The molecular weight excluding hydrogens is 270 g/mol. The van der Waals surface area contributed by atoms with E-state index >= 15 is 0 Å². The van der Waals surface area contributed by atoms with Crippen LogP contribution in [0.25, 0.3) is 0 Å². The number of hydrogen-bond donors (Lipinski definition) is 1. The Morgan fingerprint density at radius 1 is 1.00 bits per heavy atom. The first kappa shape index (κ1) is 14.8. The summed E-state index contributed by atoms with van der Waals surface area (Å²) in [5.41, 5.74) is 2.76. The van der Waals surface area contributed by atoms with Gasteiger partial charge in [0, 0.05) is 6.04 Å². The van der Waals surface area contributed by atoms with Crippen LogP contribution in [0.15, 0.2) is 53.4 Å². The fourth-order valence-corrected chi connectivity index (χ4v) is 3.67. The van der Waals surface area contributed by atoms with Gasteiger partial charge < -0.3 is 0 Å². The third kappa shape index (κ3) is 3.26. The van der Waals surface area contributed by atoms with Crippen molar-refractivity contribution in [2.45, 2.75) is 31.7 Å². The van der Waals surface area contributed by atoms with Gasteiger partial charge in [-0.05, 0) is 38.0 Å². The lowest BCUT2D eigenvalue weighted by atomic mass is 10.1. The molecule has 1 atom stereocenters. The van der Waals surface area contributed by atoms with Crippen molar-refractivity contribution in [3.63, 3.8) is 0 Å². The van der Waals surface area contributed by atoms with Gasteiger partial charge in [-0.1, -0.05) is 48.0 Å². The Morgan fingerprint density at radius 3 is 2.25 bits per heavy atom. The van der Waals surface area contributed by atoms with Crippen LogP contribution in [0.3, 0.4) is 0 Å². The van der Waals surface area contributed by atoms with Gasteiger partial charge in [-0.25, -0.2) is 13.1 Å². The molecule has 0 amide bonds. The fraction of sp³-hybridized carbons (Fsp3) is 0.250. The highest BCUT2D eigenvalue weighted by Crippen LogP contribution is 2.20. The third-order valence-corrected chi connectivity index (χ3v) is 4.95. The van der Waals surface area contributed by atoms with Crippen LogP contribution in [0.1, 0.15) is 29.7 Å². The van der Waals surface area contributed by atoms with Crippen molar-refractivity contribution in [1.82, 2.24) is 4.72 Å². The molecule has 0 aliphatic rings. The van der Waals surface area contributed by atoms with E-state index in [0.717, 1.165) is 16.7 Å². The third-order valence-electron chi connectivity index (χ3n) is 3.25. The lowest BCUT2D eigenvalue weighted by Gasteiger charge is -2.16. The first-order chi connectivity index (χ1) is 9.40. The summed E-state index contributed by atoms with van der Waals surface area (Å²) in [6, 6.07) is 14.6. The molecule has 0 aliphatic carbocycles. The Labute approximate surface area is 120 Å². The molecule has 2 rings (SSSR count). The average molecular weight is 289 g/mol. The molecule has 0 fully saturated rings. The van der Waals surface area contributed by atoms with Gasteiger partial charge in [0.2, 0.25) is 10.0 Å². The molecule has 0 aliphatic heterocycles. The summed E-state index contributed by atoms with van der Waals surface area (Å²) in [6.07, 6.45) is 0. The molecule has 0 saturated carbocycles. The topological polar surface area (TPSA) is 46.2 Å². The van der Waals surface area contributed by atoms with Crippen molar-refractivity contribution in [2.75, 3.05) is 0 Å². The Morgan fingerprint density at radius 2 is 1.65 bits per heavy atom. The van der Waals surface area contributed by atoms with Gasteiger partial charge in [-0.15, -0.1) is 0 Å². The van der Waals surface area contributed by atoms with Crippen LogP contribution in [0.4, 0.5) is 0 Å². The Bertz CT molecular complexity index is 694. The largest absolute Gasteiger partial charge is 0.241 e. The summed E-state index contributed by atoms with van der Waals surface area (Å²) in [4.78, 5) is 0.339. The van der Waals surface area contributed by atoms with Crippen LogP contribution in [0.5, 0.6) is 0 Å². The Kier molecular flexibility index (Phi) is 4.26. The first-order valence-corrected chi connectivity index (χ1v) is 8.03. The second-order valence-corrected chi connectivity index (χ2v) is 6.71. The van der Waals surface area contributed by atoms with E-state index in [1.54, 1.807) is 6.07 Å². The molecule has 106 valence electrons. The first-order valence-electron chi connectivity index (χ1n) is 6.54. The molecule has 2 aromatic carbocycles. The van der Waals surface area contributed by atoms with Gasteiger partial charge in [-0.2, -0.15) is 0 Å². The van der Waals surface area contributed by atoms with Gasteiger partial charge in [0.1, 0.15) is 0 Å². The van der Waals surface area contributed by atoms with Crippen LogP contribution in [0, 0.1) is 13.8 Å². The van der Waals surface area contributed by atoms with Crippen molar-refractivity contribution in [1.29, 1.82) is 0 Å². The predicted octanol–water partition coefficient (Wildman–Crippen LogP) is 3.34. The van der Waals surface area contributed by atoms with Gasteiger partial charge >= 0.3 is 0 Å². The van der Waals surface area contributed by atoms with E-state index in [0.29, 0.717) is 4.90 Å². The highest BCUT2D eigenvalue weighted by atomic mass is 32.2. The van der Waals surface area contributed by atoms with Gasteiger partial charge in [0.25, 0.3) is 0 Å². The molecule has 0 heterocycles. The van der Waals surface area contributed by atoms with Crippen molar-refractivity contribution in [2.24, 2.45) is 0 Å². The van der Waals surface area contributed by atoms with Crippen LogP contribution in [0.2, 0.25) is 0 Å². The molecule has 2 aromatic rings. The van der Waals surface area contributed by atoms with E-state index in [2.05, 4.69) is 4.72 Å². The maximum atomic E-state index is 12.4. The number of benzene rings is 2. The molecule has 3 nitrogen and oxygen atoms in total. The molecular formula is C16H19NO2S. The van der Waals surface area contributed by atoms with E-state index in [1.807, 2.05) is 63.2 Å². The van der Waals surface area contributed by atoms with Crippen LogP contribution in [-0.2, 0) is 10.0 Å². The van der Waals surface area contributed by atoms with Crippen LogP contribution in [-0.4, -0.2) is 8.42 Å². The summed E-state index contributed by atoms with van der Waals surface area (Å²) in [6.45, 7) is 5.61. The van der Waals surface area contributed by atoms with Crippen LogP contribution >= 0.6 is 0 Å². The fourth-order valence-electron chi connectivity index (χ4n) is 2.21. The number of nitrogens with one attached hydrogen (secondary N) is 1. The van der Waals surface area contributed by atoms with E-state index in [1.165, 1.54) is 0 Å². The van der Waals surface area contributed by atoms with E-state index in [-0.39, 0.29) is 6.04 Å². The zero-order valence-electron chi connectivity index (χ0n) is 11.9. The minimum absolute atomic E-state index is 0.262. The standard InChI is InChI=1S/C16H19NO2S/c1-12-9-10-16(13(2)11-12)20(18,19)17-14(3)15-7-5-4-6-8-15/h4-11,14,17H,1-3H3. The van der Waals surface area contributed by atoms with Crippen molar-refractivity contribution in [3.05, 3.63) is 65.2 Å². The highest BCUT2D eigenvalue weighted by molar-refractivity contribution is 7.89. The second kappa shape index (κ2) is 5.77. The normalized spacial score (nSPS) is 13.2. The van der Waals surface area contributed by atoms with Crippen molar-refractivity contribution < 1.29 is 8.42 Å². The van der Waals surface area contributed by atoms with Gasteiger partial charge in [0.15, 0.2) is 0 Å². The number of aryl methyl sites for hydroxylation is 2. The van der Waals surface area contributed by atoms with Gasteiger partial charge in [0.05, 0.1) is 4.90 Å². The number of rotatable bonds is 4.